The van der Waals surface area contributed by atoms with Crippen molar-refractivity contribution in [2.75, 3.05) is 6.26 Å². The summed E-state index contributed by atoms with van der Waals surface area (Å²) in [6.07, 6.45) is 1.73. The Kier molecular flexibility index (Phi) is 4.75. The van der Waals surface area contributed by atoms with Crippen LogP contribution in [0.4, 0.5) is 0 Å². The summed E-state index contributed by atoms with van der Waals surface area (Å²) in [6, 6.07) is 6.62. The number of rotatable bonds is 5. The van der Waals surface area contributed by atoms with Gasteiger partial charge >= 0.3 is 5.97 Å². The highest BCUT2D eigenvalue weighted by Gasteiger charge is 2.21. The van der Waals surface area contributed by atoms with Crippen LogP contribution in [0.25, 0.3) is 0 Å². The molecule has 0 aliphatic heterocycles. The minimum absolute atomic E-state index is 0.132. The Balaban J connectivity index is 2.45. The van der Waals surface area contributed by atoms with Gasteiger partial charge in [0, 0.05) is 21.2 Å². The average Bonchev–Trinajstić information content (AvgIpc) is 2.75. The van der Waals surface area contributed by atoms with Crippen LogP contribution < -0.4 is 0 Å². The first-order valence-corrected chi connectivity index (χ1v) is 7.81. The lowest BCUT2D eigenvalue weighted by atomic mass is 10.1. The van der Waals surface area contributed by atoms with Crippen molar-refractivity contribution in [2.24, 2.45) is 0 Å². The molecule has 0 atom stereocenters. The minimum atomic E-state index is -0.933. The van der Waals surface area contributed by atoms with E-state index in [1.54, 1.807) is 24.3 Å². The van der Waals surface area contributed by atoms with Crippen LogP contribution in [0.1, 0.15) is 27.3 Å². The third-order valence-electron chi connectivity index (χ3n) is 3.16. The fourth-order valence-electron chi connectivity index (χ4n) is 2.11. The second-order valence-electron chi connectivity index (χ2n) is 4.54. The molecule has 2 aromatic rings. The normalized spacial score (nSPS) is 10.6. The molecule has 0 saturated carbocycles. The van der Waals surface area contributed by atoms with Crippen molar-refractivity contribution in [3.8, 4) is 0 Å². The first-order valence-electron chi connectivity index (χ1n) is 6.21. The highest BCUT2D eigenvalue weighted by atomic mass is 35.5. The Bertz CT molecular complexity index is 692. The SMILES string of the molecule is CSc1c(C(=O)c2ccc(Cl)cc2)[nH]c(CC(=O)O)c1C. The quantitative estimate of drug-likeness (QED) is 0.652. The molecule has 0 bridgehead atoms. The molecule has 110 valence electrons. The van der Waals surface area contributed by atoms with Crippen LogP contribution in [0.5, 0.6) is 0 Å². The van der Waals surface area contributed by atoms with Crippen LogP contribution in [-0.2, 0) is 11.2 Å². The maximum atomic E-state index is 12.6. The molecule has 4 nitrogen and oxygen atoms in total. The number of hydrogen-bond donors (Lipinski definition) is 2. The van der Waals surface area contributed by atoms with Crippen LogP contribution in [-0.4, -0.2) is 28.1 Å². The third kappa shape index (κ3) is 3.31. The number of halogens is 1. The monoisotopic (exact) mass is 323 g/mol. The largest absolute Gasteiger partial charge is 0.481 e. The summed E-state index contributed by atoms with van der Waals surface area (Å²) in [4.78, 5) is 27.2. The molecule has 0 amide bonds. The topological polar surface area (TPSA) is 70.2 Å². The van der Waals surface area contributed by atoms with Crippen LogP contribution in [0.2, 0.25) is 5.02 Å². The number of benzene rings is 1. The van der Waals surface area contributed by atoms with Gasteiger partial charge in [-0.1, -0.05) is 11.6 Å². The molecular formula is C15H14ClNO3S. The van der Waals surface area contributed by atoms with Crippen molar-refractivity contribution >= 4 is 35.1 Å². The van der Waals surface area contributed by atoms with Gasteiger partial charge in [0.15, 0.2) is 0 Å². The van der Waals surface area contributed by atoms with Gasteiger partial charge in [0.1, 0.15) is 5.69 Å². The Morgan fingerprint density at radius 2 is 1.90 bits per heavy atom. The average molecular weight is 324 g/mol. The fourth-order valence-corrected chi connectivity index (χ4v) is 3.02. The first kappa shape index (κ1) is 15.7. The number of carbonyl (C=O) groups excluding carboxylic acids is 1. The zero-order valence-corrected chi connectivity index (χ0v) is 13.1. The van der Waals surface area contributed by atoms with Crippen molar-refractivity contribution in [1.29, 1.82) is 0 Å². The van der Waals surface area contributed by atoms with Gasteiger partial charge in [0.05, 0.1) is 6.42 Å². The molecule has 0 spiro atoms. The second kappa shape index (κ2) is 6.37. The van der Waals surface area contributed by atoms with E-state index in [-0.39, 0.29) is 12.2 Å². The van der Waals surface area contributed by atoms with Crippen LogP contribution in [0.3, 0.4) is 0 Å². The Labute approximate surface area is 131 Å². The second-order valence-corrected chi connectivity index (χ2v) is 5.80. The van der Waals surface area contributed by atoms with Gasteiger partial charge in [-0.05, 0) is 43.0 Å². The van der Waals surface area contributed by atoms with Gasteiger partial charge in [-0.2, -0.15) is 0 Å². The molecule has 0 radical (unpaired) electrons. The predicted octanol–water partition coefficient (Wildman–Crippen LogP) is 3.56. The van der Waals surface area contributed by atoms with Gasteiger partial charge in [-0.15, -0.1) is 11.8 Å². The number of aromatic amines is 1. The minimum Gasteiger partial charge on any atom is -0.481 e. The molecule has 0 unspecified atom stereocenters. The number of H-pyrrole nitrogens is 1. The molecule has 2 N–H and O–H groups in total. The van der Waals surface area contributed by atoms with E-state index >= 15 is 0 Å². The summed E-state index contributed by atoms with van der Waals surface area (Å²) >= 11 is 7.24. The first-order chi connectivity index (χ1) is 9.93. The summed E-state index contributed by atoms with van der Waals surface area (Å²) in [5, 5.41) is 9.48. The lowest BCUT2D eigenvalue weighted by molar-refractivity contribution is -0.136. The Morgan fingerprint density at radius 1 is 1.29 bits per heavy atom. The molecule has 0 fully saturated rings. The van der Waals surface area contributed by atoms with Crippen molar-refractivity contribution in [2.45, 2.75) is 18.2 Å². The number of carbonyl (C=O) groups is 2. The third-order valence-corrected chi connectivity index (χ3v) is 4.33. The van der Waals surface area contributed by atoms with E-state index in [9.17, 15) is 9.59 Å². The molecule has 0 aliphatic rings. The number of nitrogens with one attached hydrogen (secondary N) is 1. The molecule has 2 rings (SSSR count). The lowest BCUT2D eigenvalue weighted by Crippen LogP contribution is -2.04. The van der Waals surface area contributed by atoms with Crippen molar-refractivity contribution in [1.82, 2.24) is 4.98 Å². The van der Waals surface area contributed by atoms with E-state index in [0.29, 0.717) is 22.0 Å². The van der Waals surface area contributed by atoms with Gasteiger partial charge in [0.2, 0.25) is 5.78 Å². The summed E-state index contributed by atoms with van der Waals surface area (Å²) in [5.41, 5.74) is 2.31. The molecule has 1 aromatic carbocycles. The van der Waals surface area contributed by atoms with Gasteiger partial charge < -0.3 is 10.1 Å². The summed E-state index contributed by atoms with van der Waals surface area (Å²) in [7, 11) is 0. The van der Waals surface area contributed by atoms with Crippen molar-refractivity contribution < 1.29 is 14.7 Å². The predicted molar refractivity (Wildman–Crippen MR) is 83.5 cm³/mol. The summed E-state index contributed by atoms with van der Waals surface area (Å²) in [5.74, 6) is -1.10. The van der Waals surface area contributed by atoms with E-state index < -0.39 is 5.97 Å². The van der Waals surface area contributed by atoms with Gasteiger partial charge in [-0.25, -0.2) is 0 Å². The number of hydrogen-bond acceptors (Lipinski definition) is 3. The van der Waals surface area contributed by atoms with Gasteiger partial charge in [0.25, 0.3) is 0 Å². The van der Waals surface area contributed by atoms with E-state index in [1.165, 1.54) is 11.8 Å². The van der Waals surface area contributed by atoms with Crippen LogP contribution >= 0.6 is 23.4 Å². The van der Waals surface area contributed by atoms with Crippen LogP contribution in [0, 0.1) is 6.92 Å². The van der Waals surface area contributed by atoms with Crippen molar-refractivity contribution in [3.63, 3.8) is 0 Å². The van der Waals surface area contributed by atoms with E-state index in [1.807, 2.05) is 13.2 Å². The molecule has 21 heavy (non-hydrogen) atoms. The van der Waals surface area contributed by atoms with Gasteiger partial charge in [-0.3, -0.25) is 9.59 Å². The molecule has 6 heteroatoms. The maximum Gasteiger partial charge on any atom is 0.309 e. The number of aromatic nitrogens is 1. The molecular weight excluding hydrogens is 310 g/mol. The standard InChI is InChI=1S/C15H14ClNO3S/c1-8-11(7-12(18)19)17-13(15(8)21-2)14(20)9-3-5-10(16)6-4-9/h3-6,17H,7H2,1-2H3,(H,18,19). The lowest BCUT2D eigenvalue weighted by Gasteiger charge is -2.02. The Hall–Kier alpha value is -1.72. The van der Waals surface area contributed by atoms with Crippen LogP contribution in [0.15, 0.2) is 29.2 Å². The van der Waals surface area contributed by atoms with E-state index in [4.69, 9.17) is 16.7 Å². The molecule has 0 saturated heterocycles. The zero-order chi connectivity index (χ0) is 15.6. The Morgan fingerprint density at radius 3 is 2.43 bits per heavy atom. The molecule has 1 heterocycles. The number of thioether (sulfide) groups is 1. The zero-order valence-electron chi connectivity index (χ0n) is 11.6. The number of carboxylic acid groups (broad SMARTS) is 1. The van der Waals surface area contributed by atoms with Crippen molar-refractivity contribution in [3.05, 3.63) is 51.8 Å². The summed E-state index contributed by atoms with van der Waals surface area (Å²) < 4.78 is 0. The highest BCUT2D eigenvalue weighted by Crippen LogP contribution is 2.29. The molecule has 0 aliphatic carbocycles. The highest BCUT2D eigenvalue weighted by molar-refractivity contribution is 7.98. The molecule has 1 aromatic heterocycles. The van der Waals surface area contributed by atoms with E-state index in [2.05, 4.69) is 4.98 Å². The van der Waals surface area contributed by atoms with E-state index in [0.717, 1.165) is 10.5 Å². The maximum absolute atomic E-state index is 12.6. The summed E-state index contributed by atoms with van der Waals surface area (Å²) in [6.45, 7) is 1.82. The number of ketones is 1. The smallest absolute Gasteiger partial charge is 0.309 e. The number of aliphatic carboxylic acids is 1. The fraction of sp³-hybridized carbons (Fsp3) is 0.200. The number of carboxylic acids is 1.